The molecule has 7 nitrogen and oxygen atoms in total. The number of nitrogens with zero attached hydrogens (tertiary/aromatic N) is 4. The van der Waals surface area contributed by atoms with E-state index in [9.17, 15) is 9.18 Å². The summed E-state index contributed by atoms with van der Waals surface area (Å²) >= 11 is 1.33. The molecule has 1 saturated heterocycles. The zero-order valence-electron chi connectivity index (χ0n) is 16.9. The Kier molecular flexibility index (Phi) is 5.13. The third-order valence-electron chi connectivity index (χ3n) is 5.25. The number of carbonyl (C=O) groups is 1. The third kappa shape index (κ3) is 4.01. The molecule has 0 radical (unpaired) electrons. The summed E-state index contributed by atoms with van der Waals surface area (Å²) in [5.74, 6) is -0.779. The van der Waals surface area contributed by atoms with E-state index in [-0.39, 0.29) is 11.6 Å². The summed E-state index contributed by atoms with van der Waals surface area (Å²) in [6.45, 7) is 4.50. The first-order chi connectivity index (χ1) is 15.1. The molecule has 2 aromatic heterocycles. The molecule has 1 atom stereocenters. The second-order valence-corrected chi connectivity index (χ2v) is 8.40. The van der Waals surface area contributed by atoms with Gasteiger partial charge in [-0.15, -0.1) is 11.3 Å². The van der Waals surface area contributed by atoms with Crippen LogP contribution in [0.1, 0.15) is 17.4 Å². The van der Waals surface area contributed by atoms with Gasteiger partial charge in [0.15, 0.2) is 0 Å². The molecule has 158 valence electrons. The number of amides is 1. The van der Waals surface area contributed by atoms with Crippen LogP contribution in [0.3, 0.4) is 0 Å². The fourth-order valence-corrected chi connectivity index (χ4v) is 4.49. The van der Waals surface area contributed by atoms with Crippen molar-refractivity contribution in [2.24, 2.45) is 0 Å². The van der Waals surface area contributed by atoms with Gasteiger partial charge in [-0.3, -0.25) is 4.79 Å². The lowest BCUT2D eigenvalue weighted by Crippen LogP contribution is -2.49. The Labute approximate surface area is 182 Å². The van der Waals surface area contributed by atoms with E-state index in [1.54, 1.807) is 16.1 Å². The Hall–Kier alpha value is -3.30. The highest BCUT2D eigenvalue weighted by atomic mass is 32.1. The minimum Gasteiger partial charge on any atom is -0.367 e. The molecule has 0 bridgehead atoms. The molecule has 5 rings (SSSR count). The summed E-state index contributed by atoms with van der Waals surface area (Å²) in [4.78, 5) is 19.5. The first-order valence-electron chi connectivity index (χ1n) is 10.1. The van der Waals surface area contributed by atoms with Crippen molar-refractivity contribution in [2.45, 2.75) is 13.0 Å². The predicted molar refractivity (Wildman–Crippen MR) is 121 cm³/mol. The molecule has 3 heterocycles. The Bertz CT molecular complexity index is 1220. The monoisotopic (exact) mass is 436 g/mol. The van der Waals surface area contributed by atoms with Crippen molar-refractivity contribution in [1.82, 2.24) is 20.1 Å². The number of halogens is 1. The van der Waals surface area contributed by atoms with Crippen LogP contribution in [0.25, 0.3) is 16.0 Å². The largest absolute Gasteiger partial charge is 0.367 e. The molecule has 1 aliphatic heterocycles. The molecule has 1 aliphatic rings. The smallest absolute Gasteiger partial charge is 0.275 e. The molecule has 0 unspecified atom stereocenters. The highest BCUT2D eigenvalue weighted by Crippen LogP contribution is 2.29. The van der Waals surface area contributed by atoms with Gasteiger partial charge in [-0.25, -0.2) is 14.1 Å². The maximum atomic E-state index is 14.0. The van der Waals surface area contributed by atoms with Crippen molar-refractivity contribution < 1.29 is 9.18 Å². The number of fused-ring (bicyclic) bond motifs is 1. The molecule has 0 saturated carbocycles. The van der Waals surface area contributed by atoms with Crippen molar-refractivity contribution >= 4 is 39.5 Å². The molecular weight excluding hydrogens is 415 g/mol. The maximum absolute atomic E-state index is 14.0. The van der Waals surface area contributed by atoms with Crippen LogP contribution < -0.4 is 15.5 Å². The van der Waals surface area contributed by atoms with Gasteiger partial charge in [-0.05, 0) is 31.2 Å². The molecule has 4 aromatic rings. The van der Waals surface area contributed by atoms with E-state index in [4.69, 9.17) is 0 Å². The van der Waals surface area contributed by atoms with E-state index in [1.807, 2.05) is 30.5 Å². The average molecular weight is 437 g/mol. The van der Waals surface area contributed by atoms with Crippen LogP contribution in [0.15, 0.2) is 54.0 Å². The Morgan fingerprint density at radius 2 is 2.16 bits per heavy atom. The number of anilines is 2. The molecule has 0 aliphatic carbocycles. The van der Waals surface area contributed by atoms with Crippen molar-refractivity contribution in [3.05, 3.63) is 65.6 Å². The lowest BCUT2D eigenvalue weighted by molar-refractivity contribution is 0.102. The van der Waals surface area contributed by atoms with Crippen molar-refractivity contribution in [3.8, 4) is 5.13 Å². The van der Waals surface area contributed by atoms with Gasteiger partial charge in [0.05, 0.1) is 16.9 Å². The standard InChI is InChI=1S/C22H21FN6OS/c1-14-11-28(9-8-24-14)20-7-6-16(23)10-18(20)25-21(30)19-13-31-22(26-19)29-12-15-4-2-3-5-17(15)27-29/h2-7,10,12-14,24H,8-9,11H2,1H3,(H,25,30)/t14-/m0/s1. The lowest BCUT2D eigenvalue weighted by Gasteiger charge is -2.34. The van der Waals surface area contributed by atoms with Crippen molar-refractivity contribution in [2.75, 3.05) is 29.9 Å². The van der Waals surface area contributed by atoms with Gasteiger partial charge in [-0.2, -0.15) is 5.10 Å². The summed E-state index contributed by atoms with van der Waals surface area (Å²) in [6.07, 6.45) is 1.88. The number of piperazine rings is 1. The van der Waals surface area contributed by atoms with Crippen LogP contribution in [0.5, 0.6) is 0 Å². The normalized spacial score (nSPS) is 16.6. The SMILES string of the molecule is C[C@H]1CN(c2ccc(F)cc2NC(=O)c2csc(-n3cc4ccccc4n3)n2)CCN1. The van der Waals surface area contributed by atoms with E-state index < -0.39 is 5.82 Å². The van der Waals surface area contributed by atoms with Gasteiger partial charge in [0.2, 0.25) is 5.13 Å². The van der Waals surface area contributed by atoms with Gasteiger partial charge < -0.3 is 15.5 Å². The van der Waals surface area contributed by atoms with Crippen LogP contribution in [-0.2, 0) is 0 Å². The first-order valence-corrected chi connectivity index (χ1v) is 10.9. The Morgan fingerprint density at radius 1 is 1.29 bits per heavy atom. The van der Waals surface area contributed by atoms with E-state index in [1.165, 1.54) is 23.5 Å². The molecule has 9 heteroatoms. The zero-order chi connectivity index (χ0) is 21.4. The molecule has 1 amide bonds. The topological polar surface area (TPSA) is 75.1 Å². The van der Waals surface area contributed by atoms with E-state index >= 15 is 0 Å². The van der Waals surface area contributed by atoms with Gasteiger partial charge in [0.25, 0.3) is 5.91 Å². The highest BCUT2D eigenvalue weighted by molar-refractivity contribution is 7.12. The minimum atomic E-state index is -0.399. The number of hydrogen-bond donors (Lipinski definition) is 2. The fraction of sp³-hybridized carbons (Fsp3) is 0.227. The average Bonchev–Trinajstić information content (AvgIpc) is 3.41. The van der Waals surface area contributed by atoms with E-state index in [0.717, 1.165) is 36.2 Å². The van der Waals surface area contributed by atoms with Gasteiger partial charge in [-0.1, -0.05) is 18.2 Å². The number of aromatic nitrogens is 3. The summed E-state index contributed by atoms with van der Waals surface area (Å²) in [6, 6.07) is 12.6. The second-order valence-electron chi connectivity index (χ2n) is 7.56. The van der Waals surface area contributed by atoms with Crippen molar-refractivity contribution in [3.63, 3.8) is 0 Å². The van der Waals surface area contributed by atoms with Crippen LogP contribution in [0, 0.1) is 5.82 Å². The van der Waals surface area contributed by atoms with Gasteiger partial charge in [0, 0.05) is 42.6 Å². The molecular formula is C22H21FN6OS. The van der Waals surface area contributed by atoms with E-state index in [0.29, 0.717) is 16.9 Å². The Morgan fingerprint density at radius 3 is 3.00 bits per heavy atom. The van der Waals surface area contributed by atoms with Crippen LogP contribution >= 0.6 is 11.3 Å². The second kappa shape index (κ2) is 8.09. The first kappa shape index (κ1) is 19.7. The van der Waals surface area contributed by atoms with Crippen molar-refractivity contribution in [1.29, 1.82) is 0 Å². The number of benzene rings is 2. The maximum Gasteiger partial charge on any atom is 0.275 e. The molecule has 0 spiro atoms. The molecule has 2 aromatic carbocycles. The van der Waals surface area contributed by atoms with Gasteiger partial charge in [0.1, 0.15) is 11.5 Å². The summed E-state index contributed by atoms with van der Waals surface area (Å²) < 4.78 is 15.6. The number of thiazole rings is 1. The summed E-state index contributed by atoms with van der Waals surface area (Å²) in [5, 5.41) is 14.0. The fourth-order valence-electron chi connectivity index (χ4n) is 3.76. The summed E-state index contributed by atoms with van der Waals surface area (Å²) in [7, 11) is 0. The quantitative estimate of drug-likeness (QED) is 0.511. The molecule has 1 fully saturated rings. The number of hydrogen-bond acceptors (Lipinski definition) is 6. The third-order valence-corrected chi connectivity index (χ3v) is 6.08. The van der Waals surface area contributed by atoms with Crippen LogP contribution in [-0.4, -0.2) is 46.3 Å². The molecule has 2 N–H and O–H groups in total. The molecule has 31 heavy (non-hydrogen) atoms. The Balaban J connectivity index is 1.39. The lowest BCUT2D eigenvalue weighted by atomic mass is 10.1. The predicted octanol–water partition coefficient (Wildman–Crippen LogP) is 3.67. The zero-order valence-corrected chi connectivity index (χ0v) is 17.7. The summed E-state index contributed by atoms with van der Waals surface area (Å²) in [5.41, 5.74) is 2.37. The van der Waals surface area contributed by atoms with Crippen LogP contribution in [0.2, 0.25) is 0 Å². The van der Waals surface area contributed by atoms with E-state index in [2.05, 4.69) is 32.5 Å². The van der Waals surface area contributed by atoms with Crippen LogP contribution in [0.4, 0.5) is 15.8 Å². The minimum absolute atomic E-state index is 0.267. The number of nitrogens with one attached hydrogen (secondary N) is 2. The number of rotatable bonds is 4. The van der Waals surface area contributed by atoms with Gasteiger partial charge >= 0.3 is 0 Å². The highest BCUT2D eigenvalue weighted by Gasteiger charge is 2.21. The number of carbonyl (C=O) groups excluding carboxylic acids is 1.